The van der Waals surface area contributed by atoms with Gasteiger partial charge in [-0.2, -0.15) is 0 Å². The molecule has 0 bridgehead atoms. The minimum atomic E-state index is -0.133. The average molecular weight is 392 g/mol. The number of anilines is 1. The maximum absolute atomic E-state index is 11.6. The van der Waals surface area contributed by atoms with E-state index in [-0.39, 0.29) is 11.9 Å². The van der Waals surface area contributed by atoms with Gasteiger partial charge in [0.1, 0.15) is 0 Å². The van der Waals surface area contributed by atoms with Crippen LogP contribution in [0.5, 0.6) is 0 Å². The van der Waals surface area contributed by atoms with Crippen molar-refractivity contribution in [2.24, 2.45) is 5.73 Å². The number of aryl methyl sites for hydroxylation is 1. The summed E-state index contributed by atoms with van der Waals surface area (Å²) in [4.78, 5) is 11.6. The number of amides is 1. The molecule has 3 nitrogen and oxygen atoms in total. The number of halogens is 1. The Hall–Kier alpha value is -1.40. The third-order valence-corrected chi connectivity index (χ3v) is 4.56. The Morgan fingerprint density at radius 2 is 1.76 bits per heavy atom. The molecule has 0 saturated heterocycles. The largest absolute Gasteiger partial charge is 0.326 e. The van der Waals surface area contributed by atoms with Crippen LogP contribution in [0.4, 0.5) is 5.69 Å². The van der Waals surface area contributed by atoms with Crippen LogP contribution < -0.4 is 11.1 Å². The standard InChI is InChI=1S/C17H17IN2O/c18-14-7-4-11(5-8-14)17(19)13-6-9-15-12(10-13)2-1-3-16(21)20-15/h4-10,17H,1-3,19H2,(H,20,21). The first-order valence-corrected chi connectivity index (χ1v) is 8.15. The number of carbonyl (C=O) groups excluding carboxylic acids is 1. The summed E-state index contributed by atoms with van der Waals surface area (Å²) in [7, 11) is 0. The number of nitrogens with two attached hydrogens (primary N) is 1. The number of rotatable bonds is 2. The van der Waals surface area contributed by atoms with E-state index >= 15 is 0 Å². The zero-order valence-corrected chi connectivity index (χ0v) is 13.8. The van der Waals surface area contributed by atoms with Crippen molar-refractivity contribution in [1.82, 2.24) is 0 Å². The molecule has 4 heteroatoms. The zero-order valence-electron chi connectivity index (χ0n) is 11.6. The lowest BCUT2D eigenvalue weighted by Crippen LogP contribution is -2.13. The molecule has 21 heavy (non-hydrogen) atoms. The van der Waals surface area contributed by atoms with Gasteiger partial charge in [0.05, 0.1) is 6.04 Å². The summed E-state index contributed by atoms with van der Waals surface area (Å²) < 4.78 is 1.20. The first-order valence-electron chi connectivity index (χ1n) is 7.07. The molecule has 1 heterocycles. The Labute approximate surface area is 138 Å². The first kappa shape index (κ1) is 14.5. The Balaban J connectivity index is 1.91. The van der Waals surface area contributed by atoms with Gasteiger partial charge in [-0.3, -0.25) is 4.79 Å². The molecular formula is C17H17IN2O. The van der Waals surface area contributed by atoms with E-state index in [4.69, 9.17) is 5.73 Å². The van der Waals surface area contributed by atoms with Gasteiger partial charge in [-0.15, -0.1) is 0 Å². The molecular weight excluding hydrogens is 375 g/mol. The molecule has 1 aliphatic heterocycles. The summed E-state index contributed by atoms with van der Waals surface area (Å²) in [5, 5.41) is 2.96. The molecule has 0 fully saturated rings. The van der Waals surface area contributed by atoms with Gasteiger partial charge in [0.25, 0.3) is 0 Å². The van der Waals surface area contributed by atoms with Crippen LogP contribution in [0, 0.1) is 3.57 Å². The average Bonchev–Trinajstić information content (AvgIpc) is 2.67. The second-order valence-corrected chi connectivity index (χ2v) is 6.59. The van der Waals surface area contributed by atoms with Crippen molar-refractivity contribution < 1.29 is 4.79 Å². The third-order valence-electron chi connectivity index (χ3n) is 3.84. The molecule has 2 aromatic carbocycles. The summed E-state index contributed by atoms with van der Waals surface area (Å²) in [6.07, 6.45) is 2.40. The lowest BCUT2D eigenvalue weighted by atomic mass is 9.96. The van der Waals surface area contributed by atoms with E-state index in [1.165, 1.54) is 9.13 Å². The Bertz CT molecular complexity index is 667. The quantitative estimate of drug-likeness (QED) is 0.768. The number of hydrogen-bond acceptors (Lipinski definition) is 2. The lowest BCUT2D eigenvalue weighted by molar-refractivity contribution is -0.116. The van der Waals surface area contributed by atoms with E-state index in [9.17, 15) is 4.79 Å². The van der Waals surface area contributed by atoms with Gasteiger partial charge < -0.3 is 11.1 Å². The lowest BCUT2D eigenvalue weighted by Gasteiger charge is -2.15. The smallest absolute Gasteiger partial charge is 0.224 e. The fourth-order valence-corrected chi connectivity index (χ4v) is 3.01. The Morgan fingerprint density at radius 3 is 2.52 bits per heavy atom. The Kier molecular flexibility index (Phi) is 4.26. The van der Waals surface area contributed by atoms with E-state index in [1.807, 2.05) is 12.1 Å². The van der Waals surface area contributed by atoms with E-state index in [0.717, 1.165) is 29.7 Å². The van der Waals surface area contributed by atoms with Crippen LogP contribution in [0.25, 0.3) is 0 Å². The van der Waals surface area contributed by atoms with Gasteiger partial charge in [0.15, 0.2) is 0 Å². The zero-order chi connectivity index (χ0) is 14.8. The number of carbonyl (C=O) groups is 1. The number of benzene rings is 2. The third kappa shape index (κ3) is 3.27. The molecule has 1 amide bonds. The summed E-state index contributed by atoms with van der Waals surface area (Å²) in [6.45, 7) is 0. The molecule has 1 unspecified atom stereocenters. The van der Waals surface area contributed by atoms with Crippen LogP contribution in [-0.2, 0) is 11.2 Å². The number of nitrogens with one attached hydrogen (secondary N) is 1. The maximum Gasteiger partial charge on any atom is 0.224 e. The van der Waals surface area contributed by atoms with Gasteiger partial charge in [0.2, 0.25) is 5.91 Å². The van der Waals surface area contributed by atoms with Gasteiger partial charge in [-0.05, 0) is 70.3 Å². The van der Waals surface area contributed by atoms with Crippen molar-refractivity contribution in [1.29, 1.82) is 0 Å². The van der Waals surface area contributed by atoms with E-state index in [2.05, 4.69) is 58.2 Å². The monoisotopic (exact) mass is 392 g/mol. The SMILES string of the molecule is NC(c1ccc(I)cc1)c1ccc2c(c1)CCCC(=O)N2. The maximum atomic E-state index is 11.6. The van der Waals surface area contributed by atoms with Crippen LogP contribution in [0.15, 0.2) is 42.5 Å². The number of hydrogen-bond donors (Lipinski definition) is 2. The fraction of sp³-hybridized carbons (Fsp3) is 0.235. The second-order valence-electron chi connectivity index (χ2n) is 5.35. The van der Waals surface area contributed by atoms with Crippen molar-refractivity contribution in [2.45, 2.75) is 25.3 Å². The van der Waals surface area contributed by atoms with Gasteiger partial charge in [-0.1, -0.05) is 24.3 Å². The highest BCUT2D eigenvalue weighted by Crippen LogP contribution is 2.27. The molecule has 108 valence electrons. The fourth-order valence-electron chi connectivity index (χ4n) is 2.65. The molecule has 0 aliphatic carbocycles. The minimum Gasteiger partial charge on any atom is -0.326 e. The highest BCUT2D eigenvalue weighted by atomic mass is 127. The van der Waals surface area contributed by atoms with Crippen molar-refractivity contribution in [3.63, 3.8) is 0 Å². The molecule has 0 spiro atoms. The highest BCUT2D eigenvalue weighted by molar-refractivity contribution is 14.1. The first-order chi connectivity index (χ1) is 10.1. The summed E-state index contributed by atoms with van der Waals surface area (Å²) in [5.41, 5.74) is 10.7. The summed E-state index contributed by atoms with van der Waals surface area (Å²) in [6, 6.07) is 14.3. The van der Waals surface area contributed by atoms with Crippen LogP contribution in [0.2, 0.25) is 0 Å². The highest BCUT2D eigenvalue weighted by Gasteiger charge is 2.15. The van der Waals surface area contributed by atoms with Crippen LogP contribution in [0.1, 0.15) is 35.6 Å². The van der Waals surface area contributed by atoms with E-state index < -0.39 is 0 Å². The van der Waals surface area contributed by atoms with Gasteiger partial charge in [0, 0.05) is 15.7 Å². The molecule has 3 rings (SSSR count). The molecule has 1 aliphatic rings. The van der Waals surface area contributed by atoms with Gasteiger partial charge in [-0.25, -0.2) is 0 Å². The molecule has 0 radical (unpaired) electrons. The summed E-state index contributed by atoms with van der Waals surface area (Å²) in [5.74, 6) is 0.100. The van der Waals surface area contributed by atoms with Crippen molar-refractivity contribution in [3.05, 3.63) is 62.7 Å². The molecule has 0 aromatic heterocycles. The number of fused-ring (bicyclic) bond motifs is 1. The predicted octanol–water partition coefficient (Wildman–Crippen LogP) is 3.61. The summed E-state index contributed by atoms with van der Waals surface area (Å²) >= 11 is 2.29. The normalized spacial score (nSPS) is 15.8. The van der Waals surface area contributed by atoms with Crippen molar-refractivity contribution in [2.75, 3.05) is 5.32 Å². The van der Waals surface area contributed by atoms with Crippen LogP contribution >= 0.6 is 22.6 Å². The topological polar surface area (TPSA) is 55.1 Å². The predicted molar refractivity (Wildman–Crippen MR) is 93.2 cm³/mol. The van der Waals surface area contributed by atoms with Crippen molar-refractivity contribution >= 4 is 34.2 Å². The Morgan fingerprint density at radius 1 is 1.05 bits per heavy atom. The van der Waals surface area contributed by atoms with Crippen LogP contribution in [-0.4, -0.2) is 5.91 Å². The van der Waals surface area contributed by atoms with Crippen LogP contribution in [0.3, 0.4) is 0 Å². The molecule has 2 aromatic rings. The molecule has 0 saturated carbocycles. The minimum absolute atomic E-state index is 0.100. The molecule has 1 atom stereocenters. The molecule has 3 N–H and O–H groups in total. The van der Waals surface area contributed by atoms with E-state index in [1.54, 1.807) is 0 Å². The van der Waals surface area contributed by atoms with Gasteiger partial charge >= 0.3 is 0 Å². The van der Waals surface area contributed by atoms with E-state index in [0.29, 0.717) is 6.42 Å². The van der Waals surface area contributed by atoms with Crippen molar-refractivity contribution in [3.8, 4) is 0 Å². The second kappa shape index (κ2) is 6.15.